The SMILES string of the molecule is COc1cc(CSC2=NCCN2)cc(OC)c1OC.Cl. The normalized spacial score (nSPS) is 13.1. The maximum absolute atomic E-state index is 5.33. The molecule has 0 fully saturated rings. The van der Waals surface area contributed by atoms with Gasteiger partial charge >= 0.3 is 0 Å². The van der Waals surface area contributed by atoms with E-state index in [2.05, 4.69) is 10.3 Å². The molecule has 0 atom stereocenters. The average Bonchev–Trinajstić information content (AvgIpc) is 2.97. The highest BCUT2D eigenvalue weighted by molar-refractivity contribution is 8.13. The lowest BCUT2D eigenvalue weighted by atomic mass is 10.2. The quantitative estimate of drug-likeness (QED) is 0.903. The first kappa shape index (κ1) is 16.8. The Balaban J connectivity index is 0.00000200. The van der Waals surface area contributed by atoms with Crippen LogP contribution in [-0.4, -0.2) is 39.6 Å². The van der Waals surface area contributed by atoms with Crippen molar-refractivity contribution in [1.82, 2.24) is 5.32 Å². The largest absolute Gasteiger partial charge is 0.493 e. The number of rotatable bonds is 5. The van der Waals surface area contributed by atoms with Crippen LogP contribution in [0.5, 0.6) is 17.2 Å². The van der Waals surface area contributed by atoms with Crippen molar-refractivity contribution < 1.29 is 14.2 Å². The van der Waals surface area contributed by atoms with Crippen LogP contribution in [0.2, 0.25) is 0 Å². The summed E-state index contributed by atoms with van der Waals surface area (Å²) >= 11 is 1.68. The first-order valence-corrected chi connectivity index (χ1v) is 6.97. The second kappa shape index (κ2) is 8.11. The summed E-state index contributed by atoms with van der Waals surface area (Å²) < 4.78 is 16.0. The van der Waals surface area contributed by atoms with E-state index in [1.54, 1.807) is 33.1 Å². The molecule has 0 saturated heterocycles. The molecule has 0 aliphatic carbocycles. The highest BCUT2D eigenvalue weighted by Crippen LogP contribution is 2.39. The number of hydrogen-bond acceptors (Lipinski definition) is 6. The molecule has 0 spiro atoms. The molecule has 112 valence electrons. The highest BCUT2D eigenvalue weighted by Gasteiger charge is 2.14. The van der Waals surface area contributed by atoms with Gasteiger partial charge in [0.2, 0.25) is 5.75 Å². The number of benzene rings is 1. The van der Waals surface area contributed by atoms with E-state index < -0.39 is 0 Å². The molecule has 20 heavy (non-hydrogen) atoms. The summed E-state index contributed by atoms with van der Waals surface area (Å²) in [6.07, 6.45) is 0. The van der Waals surface area contributed by atoms with E-state index in [4.69, 9.17) is 14.2 Å². The molecule has 1 aromatic rings. The smallest absolute Gasteiger partial charge is 0.203 e. The van der Waals surface area contributed by atoms with E-state index in [1.807, 2.05) is 12.1 Å². The van der Waals surface area contributed by atoms with Gasteiger partial charge in [-0.25, -0.2) is 0 Å². The average molecular weight is 319 g/mol. The van der Waals surface area contributed by atoms with Crippen LogP contribution in [0.3, 0.4) is 0 Å². The van der Waals surface area contributed by atoms with Gasteiger partial charge in [0, 0.05) is 12.3 Å². The van der Waals surface area contributed by atoms with Gasteiger partial charge in [-0.2, -0.15) is 0 Å². The lowest BCUT2D eigenvalue weighted by Crippen LogP contribution is -2.15. The van der Waals surface area contributed by atoms with E-state index >= 15 is 0 Å². The van der Waals surface area contributed by atoms with Gasteiger partial charge in [0.1, 0.15) is 0 Å². The maximum Gasteiger partial charge on any atom is 0.203 e. The fourth-order valence-corrected chi connectivity index (χ4v) is 2.70. The van der Waals surface area contributed by atoms with Gasteiger partial charge in [0.25, 0.3) is 0 Å². The third kappa shape index (κ3) is 3.86. The Kier molecular flexibility index (Phi) is 6.81. The molecule has 7 heteroatoms. The van der Waals surface area contributed by atoms with Crippen molar-refractivity contribution in [2.45, 2.75) is 5.75 Å². The van der Waals surface area contributed by atoms with Crippen molar-refractivity contribution in [2.75, 3.05) is 34.4 Å². The van der Waals surface area contributed by atoms with Crippen LogP contribution in [0.15, 0.2) is 17.1 Å². The fourth-order valence-electron chi connectivity index (χ4n) is 1.84. The van der Waals surface area contributed by atoms with Crippen molar-refractivity contribution in [3.63, 3.8) is 0 Å². The van der Waals surface area contributed by atoms with Crippen LogP contribution in [0.1, 0.15) is 5.56 Å². The molecule has 0 saturated carbocycles. The van der Waals surface area contributed by atoms with Crippen molar-refractivity contribution in [2.24, 2.45) is 4.99 Å². The summed E-state index contributed by atoms with van der Waals surface area (Å²) in [5.74, 6) is 2.79. The van der Waals surface area contributed by atoms with Crippen LogP contribution in [0.4, 0.5) is 0 Å². The summed E-state index contributed by atoms with van der Waals surface area (Å²) in [5, 5.41) is 4.23. The molecule has 1 aliphatic rings. The zero-order valence-electron chi connectivity index (χ0n) is 11.8. The standard InChI is InChI=1S/C13H18N2O3S.ClH/c1-16-10-6-9(7-11(17-2)12(10)18-3)8-19-13-14-4-5-15-13;/h6-7H,4-5,8H2,1-3H3,(H,14,15);1H. The number of nitrogens with one attached hydrogen (secondary N) is 1. The lowest BCUT2D eigenvalue weighted by molar-refractivity contribution is 0.324. The third-order valence-corrected chi connectivity index (χ3v) is 3.77. The van der Waals surface area contributed by atoms with Gasteiger partial charge in [-0.3, -0.25) is 4.99 Å². The summed E-state index contributed by atoms with van der Waals surface area (Å²) in [4.78, 5) is 4.35. The molecule has 1 N–H and O–H groups in total. The predicted octanol–water partition coefficient (Wildman–Crippen LogP) is 2.33. The Morgan fingerprint density at radius 1 is 1.15 bits per heavy atom. The van der Waals surface area contributed by atoms with E-state index in [9.17, 15) is 0 Å². The van der Waals surface area contributed by atoms with Crippen LogP contribution in [-0.2, 0) is 5.75 Å². The molecule has 1 heterocycles. The number of methoxy groups -OCH3 is 3. The minimum atomic E-state index is 0. The minimum Gasteiger partial charge on any atom is -0.493 e. The van der Waals surface area contributed by atoms with Crippen LogP contribution in [0, 0.1) is 0 Å². The molecule has 2 rings (SSSR count). The van der Waals surface area contributed by atoms with Crippen molar-refractivity contribution >= 4 is 29.3 Å². The summed E-state index contributed by atoms with van der Waals surface area (Å²) in [7, 11) is 4.85. The number of hydrogen-bond donors (Lipinski definition) is 1. The number of ether oxygens (including phenoxy) is 3. The van der Waals surface area contributed by atoms with Crippen molar-refractivity contribution in [3.8, 4) is 17.2 Å². The summed E-state index contributed by atoms with van der Waals surface area (Å²) in [6.45, 7) is 1.79. The Bertz CT molecular complexity index is 458. The van der Waals surface area contributed by atoms with Crippen molar-refractivity contribution in [1.29, 1.82) is 0 Å². The number of halogens is 1. The maximum atomic E-state index is 5.33. The van der Waals surface area contributed by atoms with Gasteiger partial charge in [-0.15, -0.1) is 12.4 Å². The molecule has 0 bridgehead atoms. The monoisotopic (exact) mass is 318 g/mol. The molecular formula is C13H19ClN2O3S. The van der Waals surface area contributed by atoms with E-state index in [0.29, 0.717) is 17.2 Å². The Labute approximate surface area is 129 Å². The molecule has 5 nitrogen and oxygen atoms in total. The summed E-state index contributed by atoms with van der Waals surface area (Å²) in [5.41, 5.74) is 1.11. The zero-order valence-corrected chi connectivity index (χ0v) is 13.4. The topological polar surface area (TPSA) is 52.1 Å². The lowest BCUT2D eigenvalue weighted by Gasteiger charge is -2.14. The van der Waals surface area contributed by atoms with Crippen molar-refractivity contribution in [3.05, 3.63) is 17.7 Å². The second-order valence-electron chi connectivity index (χ2n) is 3.94. The number of amidine groups is 1. The highest BCUT2D eigenvalue weighted by atomic mass is 35.5. The first-order valence-electron chi connectivity index (χ1n) is 5.98. The zero-order chi connectivity index (χ0) is 13.7. The minimum absolute atomic E-state index is 0. The van der Waals surface area contributed by atoms with Crippen LogP contribution in [0.25, 0.3) is 0 Å². The molecule has 0 radical (unpaired) electrons. The Hall–Kier alpha value is -1.27. The third-order valence-electron chi connectivity index (χ3n) is 2.74. The van der Waals surface area contributed by atoms with Crippen LogP contribution >= 0.6 is 24.2 Å². The van der Waals surface area contributed by atoms with Gasteiger partial charge < -0.3 is 19.5 Å². The van der Waals surface area contributed by atoms with Crippen LogP contribution < -0.4 is 19.5 Å². The molecule has 0 aromatic heterocycles. The Morgan fingerprint density at radius 2 is 1.80 bits per heavy atom. The Morgan fingerprint density at radius 3 is 2.25 bits per heavy atom. The van der Waals surface area contributed by atoms with Gasteiger partial charge in [-0.05, 0) is 17.7 Å². The number of nitrogens with zero attached hydrogens (tertiary/aromatic N) is 1. The number of thioether (sulfide) groups is 1. The molecule has 1 aromatic carbocycles. The second-order valence-corrected chi connectivity index (χ2v) is 4.90. The molecule has 0 unspecified atom stereocenters. The fraction of sp³-hybridized carbons (Fsp3) is 0.462. The summed E-state index contributed by atoms with van der Waals surface area (Å²) in [6, 6.07) is 3.92. The molecular weight excluding hydrogens is 300 g/mol. The van der Waals surface area contributed by atoms with E-state index in [-0.39, 0.29) is 12.4 Å². The van der Waals surface area contributed by atoms with E-state index in [0.717, 1.165) is 29.6 Å². The predicted molar refractivity (Wildman–Crippen MR) is 84.9 cm³/mol. The number of aliphatic imine (C=N–C) groups is 1. The first-order chi connectivity index (χ1) is 9.28. The van der Waals surface area contributed by atoms with Gasteiger partial charge in [0.15, 0.2) is 16.7 Å². The van der Waals surface area contributed by atoms with E-state index in [1.165, 1.54) is 0 Å². The van der Waals surface area contributed by atoms with Gasteiger partial charge in [-0.1, -0.05) is 11.8 Å². The molecule has 1 aliphatic heterocycles. The van der Waals surface area contributed by atoms with Gasteiger partial charge in [0.05, 0.1) is 27.9 Å². The molecule has 0 amide bonds.